The van der Waals surface area contributed by atoms with Gasteiger partial charge in [-0.25, -0.2) is 9.37 Å². The number of hydrogen-bond acceptors (Lipinski definition) is 6. The van der Waals surface area contributed by atoms with Crippen LogP contribution in [0.4, 0.5) is 10.1 Å². The number of nitriles is 1. The van der Waals surface area contributed by atoms with Gasteiger partial charge in [-0.3, -0.25) is 9.69 Å². The van der Waals surface area contributed by atoms with Crippen molar-refractivity contribution >= 4 is 33.1 Å². The highest BCUT2D eigenvalue weighted by Gasteiger charge is 2.23. The van der Waals surface area contributed by atoms with Crippen LogP contribution < -0.4 is 11.1 Å². The predicted octanol–water partition coefficient (Wildman–Crippen LogP) is 3.67. The van der Waals surface area contributed by atoms with Gasteiger partial charge in [-0.2, -0.15) is 5.26 Å². The molecule has 0 aliphatic carbocycles. The van der Waals surface area contributed by atoms with Crippen LogP contribution in [0.5, 0.6) is 0 Å². The maximum Gasteiger partial charge on any atom is 0.254 e. The lowest BCUT2D eigenvalue weighted by atomic mass is 10.0. The van der Waals surface area contributed by atoms with E-state index >= 15 is 0 Å². The minimum atomic E-state index is -0.421. The molecule has 1 aromatic heterocycles. The lowest BCUT2D eigenvalue weighted by molar-refractivity contribution is -0.113. The first-order valence-corrected chi connectivity index (χ1v) is 10.3. The number of carbonyl (C=O) groups is 1. The second-order valence-electron chi connectivity index (χ2n) is 7.25. The molecule has 0 spiro atoms. The van der Waals surface area contributed by atoms with Gasteiger partial charge in [-0.05, 0) is 37.3 Å². The number of aromatic nitrogens is 1. The zero-order valence-electron chi connectivity index (χ0n) is 16.4. The van der Waals surface area contributed by atoms with E-state index in [1.54, 1.807) is 23.5 Å². The molecule has 0 unspecified atom stereocenters. The summed E-state index contributed by atoms with van der Waals surface area (Å²) in [6, 6.07) is 12.0. The first-order valence-electron chi connectivity index (χ1n) is 9.50. The maximum atomic E-state index is 14.2. The Labute approximate surface area is 177 Å². The number of carbonyl (C=O) groups excluding carboxylic acids is 1. The Morgan fingerprint density at radius 1 is 1.37 bits per heavy atom. The van der Waals surface area contributed by atoms with Gasteiger partial charge in [0, 0.05) is 43.0 Å². The van der Waals surface area contributed by atoms with E-state index in [2.05, 4.69) is 10.3 Å². The molecule has 0 saturated carbocycles. The second kappa shape index (κ2) is 8.22. The van der Waals surface area contributed by atoms with Crippen LogP contribution in [0.3, 0.4) is 0 Å². The van der Waals surface area contributed by atoms with E-state index in [9.17, 15) is 9.18 Å². The van der Waals surface area contributed by atoms with Gasteiger partial charge in [0.15, 0.2) is 0 Å². The van der Waals surface area contributed by atoms with Crippen LogP contribution in [0.25, 0.3) is 10.2 Å². The first-order chi connectivity index (χ1) is 14.4. The third-order valence-corrected chi connectivity index (χ3v) is 6.00. The molecule has 1 aliphatic heterocycles. The fourth-order valence-electron chi connectivity index (χ4n) is 3.50. The molecule has 0 atom stereocenters. The normalized spacial score (nSPS) is 14.7. The van der Waals surface area contributed by atoms with E-state index in [-0.39, 0.29) is 11.5 Å². The van der Waals surface area contributed by atoms with Crippen LogP contribution in [-0.2, 0) is 11.3 Å². The smallest absolute Gasteiger partial charge is 0.254 e. The van der Waals surface area contributed by atoms with Gasteiger partial charge in [0.1, 0.15) is 5.82 Å². The van der Waals surface area contributed by atoms with Crippen LogP contribution in [0.15, 0.2) is 47.7 Å². The number of rotatable bonds is 4. The van der Waals surface area contributed by atoms with Gasteiger partial charge < -0.3 is 11.1 Å². The van der Waals surface area contributed by atoms with E-state index in [1.807, 2.05) is 36.1 Å². The summed E-state index contributed by atoms with van der Waals surface area (Å²) in [5.41, 5.74) is 9.54. The molecule has 3 N–H and O–H groups in total. The number of nitrogens with one attached hydrogen (secondary N) is 1. The van der Waals surface area contributed by atoms with E-state index in [0.717, 1.165) is 15.2 Å². The van der Waals surface area contributed by atoms with Crippen LogP contribution in [0, 0.1) is 24.1 Å². The fourth-order valence-corrected chi connectivity index (χ4v) is 4.36. The maximum absolute atomic E-state index is 14.2. The van der Waals surface area contributed by atoms with Crippen molar-refractivity contribution in [1.29, 1.82) is 5.26 Å². The standard InChI is InChI=1S/C22H20FN5OS/c1-13-26-20-5-4-16(9-21(20)30-13)27-22(29)17-12-28(7-6-19(17)25)11-15-3-2-14(10-24)8-18(15)23/h2-5,8-9H,6-7,11-12,25H2,1H3,(H,27,29). The quantitative estimate of drug-likeness (QED) is 0.670. The summed E-state index contributed by atoms with van der Waals surface area (Å²) in [6.45, 7) is 3.25. The van der Waals surface area contributed by atoms with Crippen molar-refractivity contribution in [2.75, 3.05) is 18.4 Å². The number of anilines is 1. The molecular formula is C22H20FN5OS. The summed E-state index contributed by atoms with van der Waals surface area (Å²) >= 11 is 1.57. The van der Waals surface area contributed by atoms with Crippen LogP contribution >= 0.6 is 11.3 Å². The molecule has 6 nitrogen and oxygen atoms in total. The highest BCUT2D eigenvalue weighted by Crippen LogP contribution is 2.26. The number of fused-ring (bicyclic) bond motifs is 1. The lowest BCUT2D eigenvalue weighted by Gasteiger charge is -2.29. The third kappa shape index (κ3) is 4.17. The number of nitrogens with zero attached hydrogens (tertiary/aromatic N) is 3. The number of hydrogen-bond donors (Lipinski definition) is 2. The highest BCUT2D eigenvalue weighted by molar-refractivity contribution is 7.18. The van der Waals surface area contributed by atoms with Crippen molar-refractivity contribution < 1.29 is 9.18 Å². The Morgan fingerprint density at radius 2 is 2.20 bits per heavy atom. The van der Waals surface area contributed by atoms with Gasteiger partial charge >= 0.3 is 0 Å². The van der Waals surface area contributed by atoms with Crippen molar-refractivity contribution in [3.63, 3.8) is 0 Å². The van der Waals surface area contributed by atoms with Crippen LogP contribution in [0.1, 0.15) is 22.6 Å². The largest absolute Gasteiger partial charge is 0.402 e. The van der Waals surface area contributed by atoms with E-state index in [4.69, 9.17) is 11.0 Å². The lowest BCUT2D eigenvalue weighted by Crippen LogP contribution is -2.37. The van der Waals surface area contributed by atoms with Crippen LogP contribution in [0.2, 0.25) is 0 Å². The average molecular weight is 422 g/mol. The summed E-state index contributed by atoms with van der Waals surface area (Å²) < 4.78 is 15.3. The monoisotopic (exact) mass is 421 g/mol. The molecule has 0 bridgehead atoms. The van der Waals surface area contributed by atoms with Crippen LogP contribution in [-0.4, -0.2) is 28.9 Å². The molecule has 4 rings (SSSR count). The first kappa shape index (κ1) is 20.0. The molecule has 0 radical (unpaired) electrons. The summed E-state index contributed by atoms with van der Waals surface area (Å²) in [5.74, 6) is -0.672. The number of nitrogens with two attached hydrogens (primary N) is 1. The van der Waals surface area contributed by atoms with Gasteiger partial charge in [0.25, 0.3) is 5.91 Å². The Morgan fingerprint density at radius 3 is 2.97 bits per heavy atom. The van der Waals surface area contributed by atoms with Gasteiger partial charge in [0.2, 0.25) is 0 Å². The molecule has 2 heterocycles. The Hall–Kier alpha value is -3.28. The SMILES string of the molecule is Cc1nc2ccc(NC(=O)C3=C(N)CCN(Cc4ccc(C#N)cc4F)C3)cc2s1. The zero-order valence-corrected chi connectivity index (χ0v) is 17.2. The number of amides is 1. The van der Waals surface area contributed by atoms with E-state index < -0.39 is 5.82 Å². The highest BCUT2D eigenvalue weighted by atomic mass is 32.1. The van der Waals surface area contributed by atoms with Crippen molar-refractivity contribution in [3.8, 4) is 6.07 Å². The van der Waals surface area contributed by atoms with Crippen molar-refractivity contribution in [2.24, 2.45) is 5.73 Å². The summed E-state index contributed by atoms with van der Waals surface area (Å²) in [5, 5.41) is 12.8. The molecule has 1 aliphatic rings. The zero-order chi connectivity index (χ0) is 21.3. The molecule has 0 saturated heterocycles. The predicted molar refractivity (Wildman–Crippen MR) is 115 cm³/mol. The summed E-state index contributed by atoms with van der Waals surface area (Å²) in [7, 11) is 0. The van der Waals surface area contributed by atoms with Gasteiger partial charge in [0.05, 0.1) is 32.4 Å². The Bertz CT molecular complexity index is 1210. The van der Waals surface area contributed by atoms with Crippen molar-refractivity contribution in [1.82, 2.24) is 9.88 Å². The molecule has 3 aromatic rings. The van der Waals surface area contributed by atoms with Gasteiger partial charge in [-0.15, -0.1) is 11.3 Å². The molecular weight excluding hydrogens is 401 g/mol. The van der Waals surface area contributed by atoms with E-state index in [0.29, 0.717) is 48.6 Å². The minimum Gasteiger partial charge on any atom is -0.402 e. The topological polar surface area (TPSA) is 95.0 Å². The summed E-state index contributed by atoms with van der Waals surface area (Å²) in [4.78, 5) is 19.3. The minimum absolute atomic E-state index is 0.252. The summed E-state index contributed by atoms with van der Waals surface area (Å²) in [6.07, 6.45) is 0.535. The average Bonchev–Trinajstić information content (AvgIpc) is 3.10. The van der Waals surface area contributed by atoms with Crippen molar-refractivity contribution in [2.45, 2.75) is 19.9 Å². The number of benzene rings is 2. The number of halogens is 1. The number of thiazole rings is 1. The number of aryl methyl sites for hydroxylation is 1. The Balaban J connectivity index is 1.47. The van der Waals surface area contributed by atoms with Gasteiger partial charge in [-0.1, -0.05) is 6.07 Å². The molecule has 2 aromatic carbocycles. The molecule has 0 fully saturated rings. The molecule has 152 valence electrons. The Kier molecular flexibility index (Phi) is 5.48. The molecule has 1 amide bonds. The fraction of sp³-hybridized carbons (Fsp3) is 0.227. The van der Waals surface area contributed by atoms with Crippen molar-refractivity contribution in [3.05, 3.63) is 69.6 Å². The molecule has 30 heavy (non-hydrogen) atoms. The second-order valence-corrected chi connectivity index (χ2v) is 8.49. The molecule has 8 heteroatoms. The third-order valence-electron chi connectivity index (χ3n) is 5.07. The van der Waals surface area contributed by atoms with E-state index in [1.165, 1.54) is 6.07 Å².